The lowest BCUT2D eigenvalue weighted by Crippen LogP contribution is -2.59. The zero-order chi connectivity index (χ0) is 36.3. The molecule has 3 aliphatic rings. The SMILES string of the molecule is OC[C@H]1O[C@@H](OC2=Cc3c(O)cc(O)c([C@@H]4c5c(O)cc(O)cc5O[C@H](c5ccc(O)cc5)[C@H]4O)c3[OH+]C2c2ccc(O)cc2)[C@H](O)[C@@H](O)[C@@H]1O. The lowest BCUT2D eigenvalue weighted by molar-refractivity contribution is -0.295. The summed E-state index contributed by atoms with van der Waals surface area (Å²) in [5, 5.41) is 117. The third-order valence-corrected chi connectivity index (χ3v) is 9.31. The van der Waals surface area contributed by atoms with Crippen LogP contribution in [0.15, 0.2) is 72.5 Å². The average Bonchev–Trinajstić information content (AvgIpc) is 3.10. The van der Waals surface area contributed by atoms with Gasteiger partial charge in [-0.2, -0.15) is 0 Å². The highest BCUT2D eigenvalue weighted by Gasteiger charge is 2.49. The first-order valence-corrected chi connectivity index (χ1v) is 15.8. The lowest BCUT2D eigenvalue weighted by atomic mass is 9.78. The number of phenols is 6. The number of aliphatic hydroxyl groups excluding tert-OH is 5. The first kappa shape index (κ1) is 34.0. The Morgan fingerprint density at radius 3 is 1.92 bits per heavy atom. The number of ether oxygens (including phenoxy) is 4. The van der Waals surface area contributed by atoms with Crippen molar-refractivity contribution in [3.63, 3.8) is 0 Å². The van der Waals surface area contributed by atoms with Crippen LogP contribution in [-0.2, 0) is 9.47 Å². The van der Waals surface area contributed by atoms with Gasteiger partial charge in [0.05, 0.1) is 18.1 Å². The molecule has 0 aliphatic carbocycles. The van der Waals surface area contributed by atoms with Crippen LogP contribution in [0, 0.1) is 0 Å². The summed E-state index contributed by atoms with van der Waals surface area (Å²) in [5.41, 5.74) is 0.696. The molecule has 7 rings (SSSR count). The molecule has 15 heteroatoms. The largest absolute Gasteiger partial charge is 0.571 e. The fourth-order valence-corrected chi connectivity index (χ4v) is 6.77. The Balaban J connectivity index is 1.40. The van der Waals surface area contributed by atoms with Gasteiger partial charge >= 0.3 is 0 Å². The summed E-state index contributed by atoms with van der Waals surface area (Å²) in [5.74, 6) is -3.43. The number of hydrogen-bond donors (Lipinski definition) is 11. The number of hydrogen-bond acceptors (Lipinski definition) is 14. The summed E-state index contributed by atoms with van der Waals surface area (Å²) in [7, 11) is 0. The highest BCUT2D eigenvalue weighted by Crippen LogP contribution is 2.58. The van der Waals surface area contributed by atoms with E-state index in [2.05, 4.69) is 0 Å². The fourth-order valence-electron chi connectivity index (χ4n) is 6.77. The summed E-state index contributed by atoms with van der Waals surface area (Å²) in [6.45, 7) is -0.716. The molecule has 1 fully saturated rings. The summed E-state index contributed by atoms with van der Waals surface area (Å²) in [6.07, 6.45) is -10.7. The molecule has 3 aliphatic heterocycles. The molecule has 0 radical (unpaired) electrons. The molecule has 0 saturated carbocycles. The minimum Gasteiger partial charge on any atom is -0.571 e. The second-order valence-corrected chi connectivity index (χ2v) is 12.6. The van der Waals surface area contributed by atoms with Gasteiger partial charge in [-0.15, -0.1) is 0 Å². The Morgan fingerprint density at radius 2 is 1.27 bits per heavy atom. The van der Waals surface area contributed by atoms with E-state index in [1.54, 1.807) is 0 Å². The van der Waals surface area contributed by atoms with Gasteiger partial charge in [0.1, 0.15) is 81.9 Å². The molecule has 0 spiro atoms. The Labute approximate surface area is 288 Å². The van der Waals surface area contributed by atoms with E-state index in [1.807, 2.05) is 0 Å². The van der Waals surface area contributed by atoms with Gasteiger partial charge in [0, 0.05) is 29.8 Å². The lowest BCUT2D eigenvalue weighted by Gasteiger charge is -2.41. The van der Waals surface area contributed by atoms with Crippen LogP contribution in [0.4, 0.5) is 0 Å². The predicted octanol–water partition coefficient (Wildman–Crippen LogP) is 1.70. The molecule has 4 aromatic rings. The molecule has 0 aromatic heterocycles. The Bertz CT molecular complexity index is 1960. The number of phenolic OH excluding ortho intramolecular Hbond substituents is 6. The van der Waals surface area contributed by atoms with E-state index in [0.717, 1.165) is 12.1 Å². The Hall–Kier alpha value is -5.42. The molecule has 1 unspecified atom stereocenters. The van der Waals surface area contributed by atoms with Gasteiger partial charge in [-0.05, 0) is 42.0 Å². The molecule has 9 atom stereocenters. The molecule has 3 heterocycles. The Morgan fingerprint density at radius 1 is 0.647 bits per heavy atom. The zero-order valence-corrected chi connectivity index (χ0v) is 26.4. The maximum atomic E-state index is 12.0. The monoisotopic (exact) mass is 707 g/mol. The van der Waals surface area contributed by atoms with Crippen LogP contribution in [0.25, 0.3) is 6.08 Å². The van der Waals surface area contributed by atoms with Crippen molar-refractivity contribution in [2.24, 2.45) is 0 Å². The van der Waals surface area contributed by atoms with Crippen molar-refractivity contribution in [3.05, 3.63) is 100 Å². The first-order chi connectivity index (χ1) is 24.4. The van der Waals surface area contributed by atoms with Gasteiger partial charge in [-0.25, -0.2) is 0 Å². The van der Waals surface area contributed by atoms with Crippen LogP contribution in [0.1, 0.15) is 45.9 Å². The number of rotatable bonds is 6. The molecule has 1 saturated heterocycles. The van der Waals surface area contributed by atoms with Crippen molar-refractivity contribution in [3.8, 4) is 46.0 Å². The van der Waals surface area contributed by atoms with Gasteiger partial charge in [0.2, 0.25) is 6.29 Å². The van der Waals surface area contributed by atoms with Crippen LogP contribution >= 0.6 is 0 Å². The number of aliphatic hydroxyl groups is 6. The Kier molecular flexibility index (Phi) is 8.71. The highest BCUT2D eigenvalue weighted by atomic mass is 16.7. The smallest absolute Gasteiger partial charge is 0.274 e. The molecular formula is C36H35O15+. The molecule has 51 heavy (non-hydrogen) atoms. The standard InChI is InChI=1S/C36H34O15/c37-13-25-29(44)31(46)32(47)36(50-25)49-24-11-19-20(41)12-22(43)27(35(19)51-33(24)14-1-5-16(38)6-2-14)28-26-21(42)9-18(40)10-23(26)48-34(30(28)45)15-3-7-17(39)8-4-15/h1-12,25,28-34,36-47H,13H2/p+1/t25-,28+,29-,30+,31+,32-,33?,34-,36-/m1/s1. The van der Waals surface area contributed by atoms with Crippen molar-refractivity contribution < 1.29 is 75.1 Å². The summed E-state index contributed by atoms with van der Waals surface area (Å²) in [6, 6.07) is 14.8. The van der Waals surface area contributed by atoms with E-state index >= 15 is 0 Å². The summed E-state index contributed by atoms with van der Waals surface area (Å²) < 4.78 is 22.5. The van der Waals surface area contributed by atoms with E-state index in [1.165, 1.54) is 60.7 Å². The van der Waals surface area contributed by atoms with E-state index in [4.69, 9.17) is 18.9 Å². The zero-order valence-electron chi connectivity index (χ0n) is 26.4. The number of benzene rings is 4. The normalized spacial score (nSPS) is 28.4. The fraction of sp³-hybridized carbons (Fsp3) is 0.278. The van der Waals surface area contributed by atoms with Gasteiger partial charge in [0.15, 0.2) is 11.9 Å². The first-order valence-electron chi connectivity index (χ1n) is 15.8. The van der Waals surface area contributed by atoms with Crippen molar-refractivity contribution in [2.75, 3.05) is 6.61 Å². The van der Waals surface area contributed by atoms with E-state index in [-0.39, 0.29) is 51.2 Å². The van der Waals surface area contributed by atoms with Crippen LogP contribution in [0.2, 0.25) is 0 Å². The van der Waals surface area contributed by atoms with E-state index < -0.39 is 78.8 Å². The number of fused-ring (bicyclic) bond motifs is 2. The molecule has 4 aromatic carbocycles. The summed E-state index contributed by atoms with van der Waals surface area (Å²) in [4.78, 5) is 0. The predicted molar refractivity (Wildman–Crippen MR) is 174 cm³/mol. The number of aromatic hydroxyl groups is 7. The molecular weight excluding hydrogens is 672 g/mol. The van der Waals surface area contributed by atoms with Gasteiger partial charge < -0.3 is 75.1 Å². The van der Waals surface area contributed by atoms with Gasteiger partial charge in [0.25, 0.3) is 11.9 Å². The topological polar surface area (TPSA) is 263 Å². The van der Waals surface area contributed by atoms with Crippen LogP contribution in [-0.4, -0.2) is 104 Å². The van der Waals surface area contributed by atoms with Crippen LogP contribution in [0.5, 0.6) is 46.0 Å². The molecule has 12 N–H and O–H groups in total. The maximum absolute atomic E-state index is 12.0. The van der Waals surface area contributed by atoms with Gasteiger partial charge in [-0.3, -0.25) is 0 Å². The second kappa shape index (κ2) is 13.0. The molecule has 15 nitrogen and oxygen atoms in total. The average molecular weight is 708 g/mol. The minimum absolute atomic E-state index is 0.0118. The summed E-state index contributed by atoms with van der Waals surface area (Å²) >= 11 is 0. The van der Waals surface area contributed by atoms with Crippen molar-refractivity contribution in [1.82, 2.24) is 0 Å². The molecule has 0 amide bonds. The van der Waals surface area contributed by atoms with Crippen molar-refractivity contribution in [1.29, 1.82) is 0 Å². The third kappa shape index (κ3) is 5.95. The molecule has 0 bridgehead atoms. The van der Waals surface area contributed by atoms with Crippen LogP contribution in [0.3, 0.4) is 0 Å². The molecule has 268 valence electrons. The van der Waals surface area contributed by atoms with Crippen LogP contribution < -0.4 is 4.74 Å². The van der Waals surface area contributed by atoms with Crippen molar-refractivity contribution >= 4 is 6.08 Å². The van der Waals surface area contributed by atoms with E-state index in [0.29, 0.717) is 11.1 Å². The second-order valence-electron chi connectivity index (χ2n) is 12.6. The maximum Gasteiger partial charge on any atom is 0.274 e. The van der Waals surface area contributed by atoms with Gasteiger partial charge in [-0.1, -0.05) is 12.1 Å². The minimum atomic E-state index is -1.79. The quantitative estimate of drug-likeness (QED) is 0.128. The third-order valence-electron chi connectivity index (χ3n) is 9.31. The van der Waals surface area contributed by atoms with Crippen molar-refractivity contribution in [2.45, 2.75) is 54.9 Å². The van der Waals surface area contributed by atoms with E-state index in [9.17, 15) is 56.2 Å². The highest BCUT2D eigenvalue weighted by molar-refractivity contribution is 5.74.